The molecule has 2 aromatic heterocycles. The molecule has 0 aliphatic heterocycles. The average Bonchev–Trinajstić information content (AvgIpc) is 3.34. The fourth-order valence-corrected chi connectivity index (χ4v) is 3.23. The van der Waals surface area contributed by atoms with Crippen LogP contribution in [0.4, 0.5) is 0 Å². The summed E-state index contributed by atoms with van der Waals surface area (Å²) in [5.41, 5.74) is 5.36. The van der Waals surface area contributed by atoms with Crippen LogP contribution in [-0.2, 0) is 13.0 Å². The van der Waals surface area contributed by atoms with Crippen molar-refractivity contribution < 1.29 is 9.15 Å². The predicted octanol–water partition coefficient (Wildman–Crippen LogP) is 5.68. The van der Waals surface area contributed by atoms with Crippen LogP contribution in [0, 0.1) is 18.3 Å². The third-order valence-corrected chi connectivity index (χ3v) is 5.34. The smallest absolute Gasteiger partial charge is 0.226 e. The number of oxazole rings is 1. The number of aromatic nitrogens is 2. The lowest BCUT2D eigenvalue weighted by Gasteiger charge is -2.09. The Labute approximate surface area is 164 Å². The average molecular weight is 384 g/mol. The van der Waals surface area contributed by atoms with Gasteiger partial charge in [-0.3, -0.25) is 0 Å². The van der Waals surface area contributed by atoms with E-state index in [1.165, 1.54) is 0 Å². The number of hydrogen-bond acceptors (Lipinski definition) is 6. The van der Waals surface area contributed by atoms with Crippen molar-refractivity contribution in [3.05, 3.63) is 52.3 Å². The fraction of sp³-hybridized carbons (Fsp3) is 0.381. The Balaban J connectivity index is 1.62. The molecule has 27 heavy (non-hydrogen) atoms. The second kappa shape index (κ2) is 8.95. The van der Waals surface area contributed by atoms with Crippen molar-refractivity contribution in [2.24, 2.45) is 5.92 Å². The lowest BCUT2D eigenvalue weighted by atomic mass is 9.98. The molecule has 0 fully saturated rings. The lowest BCUT2D eigenvalue weighted by Crippen LogP contribution is -2.10. The number of aryl methyl sites for hydroxylation is 2. The molecule has 1 atom stereocenters. The molecular weight excluding hydrogens is 358 g/mol. The van der Waals surface area contributed by atoms with Crippen molar-refractivity contribution in [3.63, 3.8) is 0 Å². The number of ether oxygens (including phenoxy) is 1. The number of rotatable bonds is 9. The molecule has 1 aromatic carbocycles. The quantitative estimate of drug-likeness (QED) is 0.482. The van der Waals surface area contributed by atoms with Crippen LogP contribution < -0.4 is 4.74 Å². The Morgan fingerprint density at radius 2 is 2.07 bits per heavy atom. The van der Waals surface area contributed by atoms with Gasteiger partial charge in [-0.15, -0.1) is 11.3 Å². The third-order valence-electron chi connectivity index (χ3n) is 4.70. The first-order valence-corrected chi connectivity index (χ1v) is 10.1. The van der Waals surface area contributed by atoms with Crippen LogP contribution in [0.3, 0.4) is 0 Å². The van der Waals surface area contributed by atoms with Crippen molar-refractivity contribution in [2.45, 2.75) is 46.6 Å². The maximum Gasteiger partial charge on any atom is 0.226 e. The molecule has 0 radical (unpaired) electrons. The molecule has 142 valence electrons. The van der Waals surface area contributed by atoms with Gasteiger partial charge in [-0.2, -0.15) is 0 Å². The lowest BCUT2D eigenvalue weighted by molar-refractivity contribution is 0.302. The molecule has 0 spiro atoms. The summed E-state index contributed by atoms with van der Waals surface area (Å²) in [6.45, 7) is 6.61. The first-order valence-electron chi connectivity index (χ1n) is 9.20. The van der Waals surface area contributed by atoms with Crippen molar-refractivity contribution in [2.75, 3.05) is 0 Å². The van der Waals surface area contributed by atoms with Crippen LogP contribution in [0.2, 0.25) is 0 Å². The predicted molar refractivity (Wildman–Crippen MR) is 109 cm³/mol. The maximum absolute atomic E-state index is 8.12. The van der Waals surface area contributed by atoms with Gasteiger partial charge in [-0.25, -0.2) is 9.97 Å². The highest BCUT2D eigenvalue weighted by atomic mass is 32.1. The van der Waals surface area contributed by atoms with E-state index in [9.17, 15) is 0 Å². The largest absolute Gasteiger partial charge is 0.487 e. The van der Waals surface area contributed by atoms with Crippen molar-refractivity contribution in [1.82, 2.24) is 9.97 Å². The van der Waals surface area contributed by atoms with Gasteiger partial charge in [0.05, 0.1) is 16.9 Å². The first kappa shape index (κ1) is 19.3. The van der Waals surface area contributed by atoms with Crippen molar-refractivity contribution >= 4 is 17.0 Å². The molecule has 2 heterocycles. The first-order chi connectivity index (χ1) is 13.1. The topological polar surface area (TPSA) is 72.0 Å². The molecule has 3 aromatic rings. The SMILES string of the molecule is CC[C@@H](C)C(=N)CCc1nc(-c2ccc(OCc3cscn3)cc2)oc1C. The molecule has 5 nitrogen and oxygen atoms in total. The normalized spacial score (nSPS) is 12.1. The second-order valence-electron chi connectivity index (χ2n) is 6.65. The van der Waals surface area contributed by atoms with E-state index in [0.29, 0.717) is 18.4 Å². The molecule has 6 heteroatoms. The van der Waals surface area contributed by atoms with Crippen LogP contribution in [0.1, 0.15) is 43.8 Å². The summed E-state index contributed by atoms with van der Waals surface area (Å²) in [6, 6.07) is 7.73. The number of hydrogen-bond donors (Lipinski definition) is 1. The molecule has 0 saturated heterocycles. The van der Waals surface area contributed by atoms with E-state index in [1.807, 2.05) is 36.6 Å². The Kier molecular flexibility index (Phi) is 6.40. The minimum Gasteiger partial charge on any atom is -0.487 e. The number of nitrogens with one attached hydrogen (secondary N) is 1. The van der Waals surface area contributed by atoms with Crippen LogP contribution >= 0.6 is 11.3 Å². The highest BCUT2D eigenvalue weighted by Gasteiger charge is 2.14. The van der Waals surface area contributed by atoms with E-state index in [4.69, 9.17) is 14.6 Å². The van der Waals surface area contributed by atoms with Crippen LogP contribution in [0.15, 0.2) is 39.6 Å². The minimum absolute atomic E-state index is 0.327. The molecular formula is C21H25N3O2S. The van der Waals surface area contributed by atoms with Crippen molar-refractivity contribution in [3.8, 4) is 17.2 Å². The van der Waals surface area contributed by atoms with Crippen LogP contribution in [0.5, 0.6) is 5.75 Å². The van der Waals surface area contributed by atoms with E-state index in [2.05, 4.69) is 23.8 Å². The maximum atomic E-state index is 8.12. The monoisotopic (exact) mass is 383 g/mol. The van der Waals surface area contributed by atoms with Gasteiger partial charge in [-0.1, -0.05) is 13.8 Å². The highest BCUT2D eigenvalue weighted by Crippen LogP contribution is 2.25. The Hall–Kier alpha value is -2.47. The van der Waals surface area contributed by atoms with Gasteiger partial charge in [0.15, 0.2) is 0 Å². The number of thiazole rings is 1. The Bertz CT molecular complexity index is 869. The molecule has 0 aliphatic rings. The molecule has 0 amide bonds. The summed E-state index contributed by atoms with van der Waals surface area (Å²) in [7, 11) is 0. The van der Waals surface area contributed by atoms with Gasteiger partial charge < -0.3 is 14.6 Å². The number of benzene rings is 1. The van der Waals surface area contributed by atoms with Crippen LogP contribution in [0.25, 0.3) is 11.5 Å². The van der Waals surface area contributed by atoms with Crippen molar-refractivity contribution in [1.29, 1.82) is 5.41 Å². The zero-order valence-electron chi connectivity index (χ0n) is 16.0. The summed E-state index contributed by atoms with van der Waals surface area (Å²) < 4.78 is 11.6. The molecule has 0 aliphatic carbocycles. The van der Waals surface area contributed by atoms with Gasteiger partial charge >= 0.3 is 0 Å². The fourth-order valence-electron chi connectivity index (χ4n) is 2.69. The van der Waals surface area contributed by atoms with E-state index >= 15 is 0 Å². The van der Waals surface area contributed by atoms with Gasteiger partial charge in [-0.05, 0) is 56.4 Å². The van der Waals surface area contributed by atoms with E-state index in [-0.39, 0.29) is 0 Å². The standard InChI is InChI=1S/C21H25N3O2S/c1-4-14(2)19(22)9-10-20-15(3)26-21(24-20)16-5-7-18(8-6-16)25-11-17-12-27-13-23-17/h5-8,12-14,22H,4,9-11H2,1-3H3/t14-/m1/s1. The summed E-state index contributed by atoms with van der Waals surface area (Å²) in [6.07, 6.45) is 2.47. The van der Waals surface area contributed by atoms with Crippen LogP contribution in [-0.4, -0.2) is 15.7 Å². The zero-order chi connectivity index (χ0) is 19.2. The summed E-state index contributed by atoms with van der Waals surface area (Å²) in [4.78, 5) is 8.85. The van der Waals surface area contributed by atoms with Gasteiger partial charge in [0.2, 0.25) is 5.89 Å². The second-order valence-corrected chi connectivity index (χ2v) is 7.37. The molecule has 0 saturated carbocycles. The molecule has 3 rings (SSSR count). The van der Waals surface area contributed by atoms with Gasteiger partial charge in [0.25, 0.3) is 0 Å². The number of nitrogens with zero attached hydrogens (tertiary/aromatic N) is 2. The van der Waals surface area contributed by atoms with E-state index in [1.54, 1.807) is 16.8 Å². The highest BCUT2D eigenvalue weighted by molar-refractivity contribution is 7.07. The van der Waals surface area contributed by atoms with E-state index in [0.717, 1.165) is 53.4 Å². The van der Waals surface area contributed by atoms with E-state index < -0.39 is 0 Å². The molecule has 1 N–H and O–H groups in total. The Morgan fingerprint density at radius 1 is 1.30 bits per heavy atom. The van der Waals surface area contributed by atoms with Gasteiger partial charge in [0.1, 0.15) is 18.1 Å². The summed E-state index contributed by atoms with van der Waals surface area (Å²) in [5, 5.41) is 10.1. The Morgan fingerprint density at radius 3 is 2.74 bits per heavy atom. The molecule has 0 unspecified atom stereocenters. The summed E-state index contributed by atoms with van der Waals surface area (Å²) >= 11 is 1.56. The summed E-state index contributed by atoms with van der Waals surface area (Å²) in [5.74, 6) is 2.56. The minimum atomic E-state index is 0.327. The third kappa shape index (κ3) is 5.04. The van der Waals surface area contributed by atoms with Gasteiger partial charge in [0, 0.05) is 16.7 Å². The molecule has 0 bridgehead atoms. The zero-order valence-corrected chi connectivity index (χ0v) is 16.8.